The Balaban J connectivity index is 2.22. The van der Waals surface area contributed by atoms with E-state index in [-0.39, 0.29) is 6.04 Å². The maximum atomic E-state index is 11.9. The van der Waals surface area contributed by atoms with Gasteiger partial charge in [-0.25, -0.2) is 0 Å². The Hall–Kier alpha value is -0.220. The third kappa shape index (κ3) is 5.75. The van der Waals surface area contributed by atoms with Crippen LogP contribution in [0.1, 0.15) is 39.0 Å². The number of thioether (sulfide) groups is 1. The van der Waals surface area contributed by atoms with Gasteiger partial charge in [0.05, 0.1) is 5.75 Å². The molecule has 0 aromatic rings. The maximum absolute atomic E-state index is 11.9. The van der Waals surface area contributed by atoms with Crippen LogP contribution < -0.4 is 5.73 Å². The molecule has 16 heavy (non-hydrogen) atoms. The topological polar surface area (TPSA) is 46.3 Å². The summed E-state index contributed by atoms with van der Waals surface area (Å²) in [7, 11) is 0. The molecule has 1 unspecified atom stereocenters. The molecule has 1 atom stereocenters. The highest BCUT2D eigenvalue weighted by molar-refractivity contribution is 7.99. The van der Waals surface area contributed by atoms with Crippen LogP contribution in [0, 0.1) is 0 Å². The van der Waals surface area contributed by atoms with Crippen LogP contribution in [0.25, 0.3) is 0 Å². The number of hydrogen-bond acceptors (Lipinski definition) is 3. The van der Waals surface area contributed by atoms with Gasteiger partial charge in [0.1, 0.15) is 0 Å². The summed E-state index contributed by atoms with van der Waals surface area (Å²) in [5, 5.41) is 0. The van der Waals surface area contributed by atoms with Gasteiger partial charge in [0.2, 0.25) is 5.91 Å². The number of hydrogen-bond donors (Lipinski definition) is 1. The molecule has 0 aliphatic carbocycles. The van der Waals surface area contributed by atoms with Gasteiger partial charge < -0.3 is 10.6 Å². The van der Waals surface area contributed by atoms with Crippen molar-refractivity contribution in [3.63, 3.8) is 0 Å². The average molecular weight is 244 g/mol. The molecule has 0 aromatic heterocycles. The van der Waals surface area contributed by atoms with E-state index in [1.54, 1.807) is 11.8 Å². The van der Waals surface area contributed by atoms with Crippen LogP contribution in [0.3, 0.4) is 0 Å². The van der Waals surface area contributed by atoms with Crippen LogP contribution in [0.15, 0.2) is 0 Å². The molecular formula is C12H24N2OS. The van der Waals surface area contributed by atoms with E-state index in [0.717, 1.165) is 18.8 Å². The van der Waals surface area contributed by atoms with Gasteiger partial charge in [-0.2, -0.15) is 11.8 Å². The molecule has 1 aliphatic heterocycles. The Bertz CT molecular complexity index is 201. The van der Waals surface area contributed by atoms with Gasteiger partial charge in [-0.1, -0.05) is 19.3 Å². The molecule has 1 amide bonds. The van der Waals surface area contributed by atoms with E-state index in [1.807, 2.05) is 11.8 Å². The molecule has 0 saturated carbocycles. The number of carbonyl (C=O) groups is 1. The van der Waals surface area contributed by atoms with Gasteiger partial charge >= 0.3 is 0 Å². The Labute approximate surface area is 103 Å². The second kappa shape index (κ2) is 7.96. The number of nitrogens with two attached hydrogens (primary N) is 1. The molecule has 0 radical (unpaired) electrons. The SMILES string of the molecule is CC(N)CSCC(=O)N1CCCCCCC1. The van der Waals surface area contributed by atoms with Crippen LogP contribution >= 0.6 is 11.8 Å². The van der Waals surface area contributed by atoms with E-state index in [2.05, 4.69) is 0 Å². The third-order valence-corrected chi connectivity index (χ3v) is 4.03. The fraction of sp³-hybridized carbons (Fsp3) is 0.917. The maximum Gasteiger partial charge on any atom is 0.232 e. The van der Waals surface area contributed by atoms with Crippen molar-refractivity contribution < 1.29 is 4.79 Å². The molecule has 0 aromatic carbocycles. The summed E-state index contributed by atoms with van der Waals surface area (Å²) in [5.74, 6) is 1.77. The lowest BCUT2D eigenvalue weighted by Gasteiger charge is -2.24. The molecule has 3 nitrogen and oxygen atoms in total. The van der Waals surface area contributed by atoms with Crippen LogP contribution in [-0.4, -0.2) is 41.4 Å². The molecule has 0 bridgehead atoms. The molecule has 2 N–H and O–H groups in total. The first-order valence-corrected chi connectivity index (χ1v) is 7.46. The van der Waals surface area contributed by atoms with E-state index in [9.17, 15) is 4.79 Å². The van der Waals surface area contributed by atoms with Crippen molar-refractivity contribution in [1.29, 1.82) is 0 Å². The molecule has 1 rings (SSSR count). The lowest BCUT2D eigenvalue weighted by Crippen LogP contribution is -2.35. The number of amides is 1. The molecule has 1 heterocycles. The minimum absolute atomic E-state index is 0.185. The summed E-state index contributed by atoms with van der Waals surface area (Å²) in [4.78, 5) is 13.9. The summed E-state index contributed by atoms with van der Waals surface area (Å²) >= 11 is 1.66. The predicted octanol–water partition coefficient (Wildman–Crippen LogP) is 1.86. The Kier molecular flexibility index (Phi) is 6.88. The van der Waals surface area contributed by atoms with Crippen molar-refractivity contribution in [2.75, 3.05) is 24.6 Å². The molecule has 0 spiro atoms. The quantitative estimate of drug-likeness (QED) is 0.821. The lowest BCUT2D eigenvalue weighted by molar-refractivity contribution is -0.128. The highest BCUT2D eigenvalue weighted by Crippen LogP contribution is 2.12. The molecular weight excluding hydrogens is 220 g/mol. The molecule has 1 fully saturated rings. The smallest absolute Gasteiger partial charge is 0.232 e. The Morgan fingerprint density at radius 3 is 2.38 bits per heavy atom. The third-order valence-electron chi connectivity index (χ3n) is 2.82. The van der Waals surface area contributed by atoms with Crippen molar-refractivity contribution in [1.82, 2.24) is 4.90 Å². The second-order valence-electron chi connectivity index (χ2n) is 4.64. The minimum atomic E-state index is 0.185. The average Bonchev–Trinajstić information content (AvgIpc) is 2.15. The fourth-order valence-corrected chi connectivity index (χ4v) is 2.77. The van der Waals surface area contributed by atoms with Crippen molar-refractivity contribution in [3.05, 3.63) is 0 Å². The normalized spacial score (nSPS) is 20.0. The van der Waals surface area contributed by atoms with E-state index in [4.69, 9.17) is 5.73 Å². The highest BCUT2D eigenvalue weighted by Gasteiger charge is 2.14. The van der Waals surface area contributed by atoms with Crippen LogP contribution in [0.4, 0.5) is 0 Å². The van der Waals surface area contributed by atoms with Crippen molar-refractivity contribution in [3.8, 4) is 0 Å². The Morgan fingerprint density at radius 1 is 1.25 bits per heavy atom. The first kappa shape index (κ1) is 13.8. The predicted molar refractivity (Wildman–Crippen MR) is 70.6 cm³/mol. The van der Waals surface area contributed by atoms with Crippen LogP contribution in [0.2, 0.25) is 0 Å². The first-order valence-electron chi connectivity index (χ1n) is 6.31. The zero-order valence-electron chi connectivity index (χ0n) is 10.3. The zero-order chi connectivity index (χ0) is 11.8. The number of carbonyl (C=O) groups excluding carboxylic acids is 1. The largest absolute Gasteiger partial charge is 0.342 e. The van der Waals surface area contributed by atoms with Gasteiger partial charge in [0.25, 0.3) is 0 Å². The minimum Gasteiger partial charge on any atom is -0.342 e. The molecule has 4 heteroatoms. The molecule has 1 aliphatic rings. The van der Waals surface area contributed by atoms with Gasteiger partial charge in [-0.05, 0) is 19.8 Å². The molecule has 1 saturated heterocycles. The van der Waals surface area contributed by atoms with Gasteiger partial charge in [0.15, 0.2) is 0 Å². The summed E-state index contributed by atoms with van der Waals surface area (Å²) < 4.78 is 0. The second-order valence-corrected chi connectivity index (χ2v) is 5.67. The van der Waals surface area contributed by atoms with Crippen molar-refractivity contribution >= 4 is 17.7 Å². The Morgan fingerprint density at radius 2 is 1.81 bits per heavy atom. The number of likely N-dealkylation sites (tertiary alicyclic amines) is 1. The first-order chi connectivity index (χ1) is 7.70. The monoisotopic (exact) mass is 244 g/mol. The standard InChI is InChI=1S/C12H24N2OS/c1-11(13)9-16-10-12(15)14-7-5-3-2-4-6-8-14/h11H,2-10,13H2,1H3. The van der Waals surface area contributed by atoms with Gasteiger partial charge in [-0.3, -0.25) is 4.79 Å². The number of nitrogens with zero attached hydrogens (tertiary/aromatic N) is 1. The van der Waals surface area contributed by atoms with E-state index < -0.39 is 0 Å². The van der Waals surface area contributed by atoms with E-state index in [0.29, 0.717) is 11.7 Å². The van der Waals surface area contributed by atoms with E-state index >= 15 is 0 Å². The lowest BCUT2D eigenvalue weighted by atomic mass is 10.1. The van der Waals surface area contributed by atoms with Crippen molar-refractivity contribution in [2.45, 2.75) is 45.1 Å². The summed E-state index contributed by atoms with van der Waals surface area (Å²) in [6.45, 7) is 3.89. The summed E-state index contributed by atoms with van der Waals surface area (Å²) in [5.41, 5.74) is 5.66. The van der Waals surface area contributed by atoms with Gasteiger partial charge in [-0.15, -0.1) is 0 Å². The summed E-state index contributed by atoms with van der Waals surface area (Å²) in [6, 6.07) is 0.185. The van der Waals surface area contributed by atoms with Gasteiger partial charge in [0, 0.05) is 24.9 Å². The fourth-order valence-electron chi connectivity index (χ4n) is 1.92. The zero-order valence-corrected chi connectivity index (χ0v) is 11.1. The summed E-state index contributed by atoms with van der Waals surface area (Å²) in [6.07, 6.45) is 6.22. The van der Waals surface area contributed by atoms with E-state index in [1.165, 1.54) is 32.1 Å². The number of rotatable bonds is 4. The highest BCUT2D eigenvalue weighted by atomic mass is 32.2. The van der Waals surface area contributed by atoms with Crippen LogP contribution in [-0.2, 0) is 4.79 Å². The van der Waals surface area contributed by atoms with Crippen LogP contribution in [0.5, 0.6) is 0 Å². The molecule has 94 valence electrons. The van der Waals surface area contributed by atoms with Crippen molar-refractivity contribution in [2.24, 2.45) is 5.73 Å².